The van der Waals surface area contributed by atoms with Gasteiger partial charge in [-0.3, -0.25) is 19.5 Å². The zero-order valence-electron chi connectivity index (χ0n) is 31.4. The largest absolute Gasteiger partial charge is 0.506 e. The molecule has 0 aliphatic carbocycles. The quantitative estimate of drug-likeness (QED) is 0.106. The molecule has 5 aromatic rings. The van der Waals surface area contributed by atoms with Crippen LogP contribution in [-0.2, 0) is 18.6 Å². The van der Waals surface area contributed by atoms with Crippen molar-refractivity contribution in [3.63, 3.8) is 0 Å². The first kappa shape index (κ1) is 39.9. The van der Waals surface area contributed by atoms with Crippen molar-refractivity contribution in [2.45, 2.75) is 53.2 Å². The standard InChI is InChI=1S/C40H45Cl2N7O5/c1-24-12-13-26(37(51)43-16-17-47(6)7)19-31(24)48-25(2)18-33(36(42)38(48)52)54-23-28-11-9-8-10-27(28)22-44-39(53)45-35-21-34(40(3,4)5)46-49(35)29-14-15-32(50)30(41)20-29/h8-15,18-21,50H,16-17,22-23H2,1-7H3,(H,43,51)(H2,44,45,53). The average Bonchev–Trinajstić information content (AvgIpc) is 3.55. The van der Waals surface area contributed by atoms with Crippen LogP contribution in [0.4, 0.5) is 10.6 Å². The maximum Gasteiger partial charge on any atom is 0.320 e. The number of aryl methyl sites for hydroxylation is 2. The number of amides is 3. The van der Waals surface area contributed by atoms with E-state index in [9.17, 15) is 19.5 Å². The number of anilines is 1. The second-order valence-corrected chi connectivity index (χ2v) is 15.0. The molecule has 0 spiro atoms. The van der Waals surface area contributed by atoms with E-state index >= 15 is 0 Å². The molecule has 0 bridgehead atoms. The number of halogens is 2. The van der Waals surface area contributed by atoms with Gasteiger partial charge in [-0.25, -0.2) is 9.48 Å². The predicted octanol–water partition coefficient (Wildman–Crippen LogP) is 7.14. The lowest BCUT2D eigenvalue weighted by Crippen LogP contribution is -2.31. The number of urea groups is 1. The van der Waals surface area contributed by atoms with E-state index in [1.807, 2.05) is 71.0 Å². The van der Waals surface area contributed by atoms with Crippen molar-refractivity contribution in [1.29, 1.82) is 0 Å². The fourth-order valence-corrected chi connectivity index (χ4v) is 5.96. The first-order chi connectivity index (χ1) is 25.5. The molecule has 0 atom stereocenters. The Morgan fingerprint density at radius 1 is 0.944 bits per heavy atom. The van der Waals surface area contributed by atoms with Gasteiger partial charge in [0, 0.05) is 48.4 Å². The molecule has 0 aliphatic rings. The molecule has 0 fully saturated rings. The number of carbonyl (C=O) groups is 2. The summed E-state index contributed by atoms with van der Waals surface area (Å²) >= 11 is 12.8. The number of benzene rings is 3. The minimum atomic E-state index is -0.477. The summed E-state index contributed by atoms with van der Waals surface area (Å²) in [7, 11) is 3.86. The van der Waals surface area contributed by atoms with Crippen molar-refractivity contribution in [2.75, 3.05) is 32.5 Å². The van der Waals surface area contributed by atoms with Gasteiger partial charge >= 0.3 is 6.03 Å². The maximum absolute atomic E-state index is 13.7. The fourth-order valence-electron chi connectivity index (χ4n) is 5.60. The van der Waals surface area contributed by atoms with Gasteiger partial charge in [-0.05, 0) is 75.0 Å². The summed E-state index contributed by atoms with van der Waals surface area (Å²) in [6.45, 7) is 11.1. The molecule has 284 valence electrons. The smallest absolute Gasteiger partial charge is 0.320 e. The number of pyridine rings is 1. The van der Waals surface area contributed by atoms with Gasteiger partial charge in [0.2, 0.25) is 0 Å². The van der Waals surface area contributed by atoms with E-state index in [1.165, 1.54) is 10.6 Å². The molecule has 4 N–H and O–H groups in total. The summed E-state index contributed by atoms with van der Waals surface area (Å²) < 4.78 is 9.15. The summed E-state index contributed by atoms with van der Waals surface area (Å²) in [5, 5.41) is 23.4. The lowest BCUT2D eigenvalue weighted by molar-refractivity contribution is 0.0951. The lowest BCUT2D eigenvalue weighted by atomic mass is 9.92. The van der Waals surface area contributed by atoms with Crippen molar-refractivity contribution >= 4 is 41.0 Å². The highest BCUT2D eigenvalue weighted by Crippen LogP contribution is 2.30. The third kappa shape index (κ3) is 9.43. The van der Waals surface area contributed by atoms with E-state index in [1.54, 1.807) is 54.1 Å². The number of aromatic hydroxyl groups is 1. The fraction of sp³-hybridized carbons (Fsp3) is 0.300. The normalized spacial score (nSPS) is 11.4. The predicted molar refractivity (Wildman–Crippen MR) is 213 cm³/mol. The number of rotatable bonds is 12. The number of likely N-dealkylation sites (N-methyl/N-ethyl adjacent to an activating group) is 1. The van der Waals surface area contributed by atoms with Gasteiger partial charge in [-0.2, -0.15) is 5.10 Å². The SMILES string of the molecule is Cc1ccc(C(=O)NCCN(C)C)cc1-n1c(C)cc(OCc2ccccc2CNC(=O)Nc2cc(C(C)(C)C)nn2-c2ccc(O)c(Cl)c2)c(Cl)c1=O. The molecule has 5 rings (SSSR count). The molecule has 0 radical (unpaired) electrons. The van der Waals surface area contributed by atoms with Gasteiger partial charge in [-0.15, -0.1) is 0 Å². The van der Waals surface area contributed by atoms with Gasteiger partial charge in [0.1, 0.15) is 28.9 Å². The minimum Gasteiger partial charge on any atom is -0.506 e. The second kappa shape index (κ2) is 16.8. The van der Waals surface area contributed by atoms with Crippen LogP contribution in [0.5, 0.6) is 11.5 Å². The van der Waals surface area contributed by atoms with E-state index in [2.05, 4.69) is 16.0 Å². The first-order valence-electron chi connectivity index (χ1n) is 17.3. The molecule has 54 heavy (non-hydrogen) atoms. The Bertz CT molecular complexity index is 2240. The van der Waals surface area contributed by atoms with E-state index in [-0.39, 0.29) is 46.0 Å². The Kier molecular flexibility index (Phi) is 12.4. The lowest BCUT2D eigenvalue weighted by Gasteiger charge is -2.18. The van der Waals surface area contributed by atoms with Crippen LogP contribution in [0.15, 0.2) is 77.6 Å². The van der Waals surface area contributed by atoms with Crippen molar-refractivity contribution in [3.05, 3.63) is 127 Å². The van der Waals surface area contributed by atoms with Crippen LogP contribution in [-0.4, -0.2) is 63.5 Å². The zero-order valence-corrected chi connectivity index (χ0v) is 32.9. The molecule has 3 aromatic carbocycles. The molecule has 0 saturated carbocycles. The minimum absolute atomic E-state index is 0.0603. The third-order valence-electron chi connectivity index (χ3n) is 8.69. The highest BCUT2D eigenvalue weighted by atomic mass is 35.5. The Labute approximate surface area is 324 Å². The van der Waals surface area contributed by atoms with Gasteiger partial charge < -0.3 is 25.4 Å². The second-order valence-electron chi connectivity index (χ2n) is 14.2. The molecule has 0 unspecified atom stereocenters. The Morgan fingerprint density at radius 3 is 2.35 bits per heavy atom. The molecule has 2 heterocycles. The first-order valence-corrected chi connectivity index (χ1v) is 18.1. The Balaban J connectivity index is 1.29. The molecule has 0 aliphatic heterocycles. The average molecular weight is 775 g/mol. The van der Waals surface area contributed by atoms with Crippen LogP contribution in [0.3, 0.4) is 0 Å². The van der Waals surface area contributed by atoms with E-state index < -0.39 is 11.6 Å². The van der Waals surface area contributed by atoms with Gasteiger partial charge in [0.25, 0.3) is 11.5 Å². The number of phenols is 1. The summed E-state index contributed by atoms with van der Waals surface area (Å²) in [5.41, 5.74) is 4.44. The van der Waals surface area contributed by atoms with Crippen molar-refractivity contribution in [1.82, 2.24) is 29.9 Å². The number of ether oxygens (including phenoxy) is 1. The van der Waals surface area contributed by atoms with E-state index in [0.717, 1.165) is 22.4 Å². The van der Waals surface area contributed by atoms with Crippen molar-refractivity contribution in [2.24, 2.45) is 0 Å². The summed E-state index contributed by atoms with van der Waals surface area (Å²) in [4.78, 5) is 41.7. The number of phenolic OH excluding ortho intramolecular Hbond substituents is 1. The Morgan fingerprint density at radius 2 is 1.67 bits per heavy atom. The summed E-state index contributed by atoms with van der Waals surface area (Å²) in [5.74, 6) is 0.334. The molecule has 3 amide bonds. The van der Waals surface area contributed by atoms with Crippen LogP contribution < -0.4 is 26.2 Å². The third-order valence-corrected chi connectivity index (χ3v) is 9.34. The van der Waals surface area contributed by atoms with Gasteiger partial charge in [-0.1, -0.05) is 74.3 Å². The van der Waals surface area contributed by atoms with Crippen LogP contribution in [0.25, 0.3) is 11.4 Å². The topological polar surface area (TPSA) is 143 Å². The molecule has 0 saturated heterocycles. The Hall–Kier alpha value is -5.30. The van der Waals surface area contributed by atoms with Crippen LogP contribution in [0.2, 0.25) is 10.0 Å². The van der Waals surface area contributed by atoms with E-state index in [4.69, 9.17) is 33.0 Å². The summed E-state index contributed by atoms with van der Waals surface area (Å²) in [6.07, 6.45) is 0. The number of hydrogen-bond acceptors (Lipinski definition) is 7. The number of carbonyl (C=O) groups excluding carboxylic acids is 2. The van der Waals surface area contributed by atoms with Crippen LogP contribution in [0, 0.1) is 13.8 Å². The van der Waals surface area contributed by atoms with E-state index in [0.29, 0.717) is 41.5 Å². The number of hydrogen-bond donors (Lipinski definition) is 4. The molecule has 14 heteroatoms. The molecular formula is C40H45Cl2N7O5. The number of aromatic nitrogens is 3. The monoisotopic (exact) mass is 773 g/mol. The summed E-state index contributed by atoms with van der Waals surface area (Å²) in [6, 6.07) is 20.4. The van der Waals surface area contributed by atoms with Crippen molar-refractivity contribution < 1.29 is 19.4 Å². The van der Waals surface area contributed by atoms with Gasteiger partial charge in [0.15, 0.2) is 0 Å². The van der Waals surface area contributed by atoms with Crippen LogP contribution >= 0.6 is 23.2 Å². The molecular weight excluding hydrogens is 729 g/mol. The zero-order chi connectivity index (χ0) is 39.3. The van der Waals surface area contributed by atoms with Crippen molar-refractivity contribution in [3.8, 4) is 22.9 Å². The highest BCUT2D eigenvalue weighted by molar-refractivity contribution is 6.32. The maximum atomic E-state index is 13.7. The highest BCUT2D eigenvalue weighted by Gasteiger charge is 2.22. The molecule has 12 nitrogen and oxygen atoms in total. The number of nitrogens with zero attached hydrogens (tertiary/aromatic N) is 4. The van der Waals surface area contributed by atoms with Gasteiger partial charge in [0.05, 0.1) is 22.1 Å². The van der Waals surface area contributed by atoms with Crippen LogP contribution in [0.1, 0.15) is 59.2 Å². The molecule has 2 aromatic heterocycles. The number of nitrogens with one attached hydrogen (secondary N) is 3.